The molecule has 8 heteroatoms. The number of nitrogens with one attached hydrogen (secondary N) is 2. The number of fused-ring (bicyclic) bond motifs is 1. The van der Waals surface area contributed by atoms with E-state index < -0.39 is 0 Å². The van der Waals surface area contributed by atoms with Crippen molar-refractivity contribution in [3.8, 4) is 0 Å². The van der Waals surface area contributed by atoms with Crippen molar-refractivity contribution in [2.45, 2.75) is 44.4 Å². The molecular formula is C19H24FN7. The molecule has 1 saturated carbocycles. The third kappa shape index (κ3) is 3.20. The second-order valence-electron chi connectivity index (χ2n) is 7.39. The van der Waals surface area contributed by atoms with Crippen molar-refractivity contribution in [1.82, 2.24) is 25.1 Å². The fraction of sp³-hybridized carbons (Fsp3) is 0.474. The average Bonchev–Trinajstić information content (AvgIpc) is 3.03. The second kappa shape index (κ2) is 6.75. The SMILES string of the molecule is Fc1cnc2n[nH]c(Nc3cc(N4CCC4)nc(C4CCCCC4)n3)c2c1.[HH]. The number of anilines is 3. The molecule has 5 rings (SSSR count). The van der Waals surface area contributed by atoms with Gasteiger partial charge in [-0.2, -0.15) is 5.10 Å². The molecule has 0 bridgehead atoms. The second-order valence-corrected chi connectivity index (χ2v) is 7.39. The van der Waals surface area contributed by atoms with Crippen LogP contribution in [0.15, 0.2) is 18.3 Å². The molecule has 1 saturated heterocycles. The maximum Gasteiger partial charge on any atom is 0.183 e. The van der Waals surface area contributed by atoms with Gasteiger partial charge in [-0.05, 0) is 25.3 Å². The number of halogens is 1. The molecule has 0 unspecified atom stereocenters. The molecule has 7 nitrogen and oxygen atoms in total. The van der Waals surface area contributed by atoms with Gasteiger partial charge in [-0.25, -0.2) is 19.3 Å². The van der Waals surface area contributed by atoms with Gasteiger partial charge in [-0.1, -0.05) is 19.3 Å². The molecule has 1 aliphatic carbocycles. The molecule has 142 valence electrons. The monoisotopic (exact) mass is 369 g/mol. The zero-order chi connectivity index (χ0) is 18.2. The number of nitrogens with zero attached hydrogens (tertiary/aromatic N) is 5. The van der Waals surface area contributed by atoms with E-state index in [2.05, 4.69) is 25.4 Å². The molecule has 4 heterocycles. The van der Waals surface area contributed by atoms with Crippen molar-refractivity contribution >= 4 is 28.5 Å². The Kier molecular flexibility index (Phi) is 4.10. The van der Waals surface area contributed by atoms with Gasteiger partial charge in [-0.15, -0.1) is 0 Å². The van der Waals surface area contributed by atoms with Crippen molar-refractivity contribution in [3.63, 3.8) is 0 Å². The maximum absolute atomic E-state index is 13.6. The van der Waals surface area contributed by atoms with E-state index >= 15 is 0 Å². The van der Waals surface area contributed by atoms with Gasteiger partial charge in [0, 0.05) is 26.5 Å². The van der Waals surface area contributed by atoms with Crippen molar-refractivity contribution < 1.29 is 5.82 Å². The highest BCUT2D eigenvalue weighted by Crippen LogP contribution is 2.33. The van der Waals surface area contributed by atoms with E-state index in [1.54, 1.807) is 0 Å². The molecule has 2 fully saturated rings. The highest BCUT2D eigenvalue weighted by molar-refractivity contribution is 5.88. The first-order valence-corrected chi connectivity index (χ1v) is 9.67. The summed E-state index contributed by atoms with van der Waals surface area (Å²) in [5.41, 5.74) is 0.475. The van der Waals surface area contributed by atoms with Crippen LogP contribution in [0.2, 0.25) is 0 Å². The van der Waals surface area contributed by atoms with Gasteiger partial charge in [0.25, 0.3) is 0 Å². The summed E-state index contributed by atoms with van der Waals surface area (Å²) in [7, 11) is 0. The zero-order valence-electron chi connectivity index (χ0n) is 15.1. The van der Waals surface area contributed by atoms with E-state index in [1.165, 1.54) is 37.9 Å². The topological polar surface area (TPSA) is 82.6 Å². The standard InChI is InChI=1S/C19H22FN7.H2/c20-13-9-14-18(21-11-13)25-26-19(14)23-15-10-16(27-7-4-8-27)24-17(22-15)12-5-2-1-3-6-12;/h9-12H,1-8H2,(H2,21,22,23,24,25,26);1H. The van der Waals surface area contributed by atoms with Crippen molar-refractivity contribution in [1.29, 1.82) is 0 Å². The van der Waals surface area contributed by atoms with Crippen LogP contribution in [0, 0.1) is 5.82 Å². The Labute approximate surface area is 157 Å². The molecular weight excluding hydrogens is 345 g/mol. The lowest BCUT2D eigenvalue weighted by molar-refractivity contribution is 0.428. The van der Waals surface area contributed by atoms with Gasteiger partial charge in [0.15, 0.2) is 5.65 Å². The highest BCUT2D eigenvalue weighted by atomic mass is 19.1. The molecule has 2 aliphatic rings. The fourth-order valence-corrected chi connectivity index (χ4v) is 3.86. The summed E-state index contributed by atoms with van der Waals surface area (Å²) >= 11 is 0. The number of H-pyrrole nitrogens is 1. The Bertz CT molecular complexity index is 966. The number of aromatic amines is 1. The average molecular weight is 369 g/mol. The predicted octanol–water partition coefficient (Wildman–Crippen LogP) is 4.13. The molecule has 27 heavy (non-hydrogen) atoms. The molecule has 1 aliphatic heterocycles. The van der Waals surface area contributed by atoms with Gasteiger partial charge in [0.05, 0.1) is 11.6 Å². The van der Waals surface area contributed by atoms with E-state index in [9.17, 15) is 4.39 Å². The van der Waals surface area contributed by atoms with Gasteiger partial charge in [-0.3, -0.25) is 5.10 Å². The minimum atomic E-state index is -0.390. The first-order chi connectivity index (χ1) is 13.3. The van der Waals surface area contributed by atoms with Crippen LogP contribution < -0.4 is 10.2 Å². The summed E-state index contributed by atoms with van der Waals surface area (Å²) in [5, 5.41) is 10.9. The van der Waals surface area contributed by atoms with E-state index in [1.807, 2.05) is 6.07 Å². The van der Waals surface area contributed by atoms with Crippen LogP contribution in [0.5, 0.6) is 0 Å². The van der Waals surface area contributed by atoms with Crippen LogP contribution in [0.3, 0.4) is 0 Å². The molecule has 0 aromatic carbocycles. The quantitative estimate of drug-likeness (QED) is 0.719. The normalized spacial score (nSPS) is 17.9. The smallest absolute Gasteiger partial charge is 0.183 e. The summed E-state index contributed by atoms with van der Waals surface area (Å²) in [6, 6.07) is 3.39. The van der Waals surface area contributed by atoms with Crippen molar-refractivity contribution in [3.05, 3.63) is 30.0 Å². The summed E-state index contributed by atoms with van der Waals surface area (Å²) in [4.78, 5) is 15.9. The lowest BCUT2D eigenvalue weighted by Gasteiger charge is -2.33. The van der Waals surface area contributed by atoms with E-state index in [-0.39, 0.29) is 7.24 Å². The van der Waals surface area contributed by atoms with Gasteiger partial charge < -0.3 is 10.2 Å². The third-order valence-electron chi connectivity index (χ3n) is 5.51. The Morgan fingerprint density at radius 1 is 1.11 bits per heavy atom. The van der Waals surface area contributed by atoms with Crippen LogP contribution >= 0.6 is 0 Å². The van der Waals surface area contributed by atoms with E-state index in [0.717, 1.165) is 37.6 Å². The zero-order valence-corrected chi connectivity index (χ0v) is 15.1. The molecule has 3 aromatic heterocycles. The first-order valence-electron chi connectivity index (χ1n) is 9.67. The highest BCUT2D eigenvalue weighted by Gasteiger charge is 2.23. The van der Waals surface area contributed by atoms with Crippen molar-refractivity contribution in [2.75, 3.05) is 23.3 Å². The third-order valence-corrected chi connectivity index (χ3v) is 5.51. The number of hydrogen-bond acceptors (Lipinski definition) is 6. The first kappa shape index (κ1) is 16.4. The van der Waals surface area contributed by atoms with Crippen LogP contribution in [-0.4, -0.2) is 38.2 Å². The number of pyridine rings is 1. The Morgan fingerprint density at radius 2 is 1.96 bits per heavy atom. The summed E-state index contributed by atoms with van der Waals surface area (Å²) < 4.78 is 13.6. The van der Waals surface area contributed by atoms with Crippen LogP contribution in [-0.2, 0) is 0 Å². The molecule has 3 aromatic rings. The van der Waals surface area contributed by atoms with Crippen LogP contribution in [0.1, 0.15) is 51.7 Å². The largest absolute Gasteiger partial charge is 0.356 e. The van der Waals surface area contributed by atoms with Gasteiger partial charge >= 0.3 is 0 Å². The Balaban J connectivity index is 0.00000192. The van der Waals surface area contributed by atoms with Crippen LogP contribution in [0.4, 0.5) is 21.8 Å². The minimum absolute atomic E-state index is 0. The maximum atomic E-state index is 13.6. The lowest BCUT2D eigenvalue weighted by atomic mass is 9.88. The minimum Gasteiger partial charge on any atom is -0.356 e. The van der Waals surface area contributed by atoms with Crippen molar-refractivity contribution in [2.24, 2.45) is 0 Å². The number of rotatable bonds is 4. The van der Waals surface area contributed by atoms with E-state index in [0.29, 0.717) is 28.6 Å². The number of hydrogen-bond donors (Lipinski definition) is 2. The number of aromatic nitrogens is 5. The lowest BCUT2D eigenvalue weighted by Crippen LogP contribution is -2.38. The molecule has 0 atom stereocenters. The predicted molar refractivity (Wildman–Crippen MR) is 104 cm³/mol. The molecule has 2 N–H and O–H groups in total. The molecule has 0 amide bonds. The van der Waals surface area contributed by atoms with Gasteiger partial charge in [0.2, 0.25) is 0 Å². The Morgan fingerprint density at radius 3 is 2.74 bits per heavy atom. The van der Waals surface area contributed by atoms with Gasteiger partial charge in [0.1, 0.15) is 29.1 Å². The summed E-state index contributed by atoms with van der Waals surface area (Å²) in [5.74, 6) is 3.21. The molecule has 0 radical (unpaired) electrons. The van der Waals surface area contributed by atoms with Crippen LogP contribution in [0.25, 0.3) is 11.0 Å². The fourth-order valence-electron chi connectivity index (χ4n) is 3.86. The summed E-state index contributed by atoms with van der Waals surface area (Å²) in [6.07, 6.45) is 8.42. The molecule has 0 spiro atoms. The van der Waals surface area contributed by atoms with E-state index in [4.69, 9.17) is 9.97 Å². The summed E-state index contributed by atoms with van der Waals surface area (Å²) in [6.45, 7) is 2.06. The Hall–Kier alpha value is -2.77.